The first kappa shape index (κ1) is 11.3. The molecule has 0 saturated heterocycles. The summed E-state index contributed by atoms with van der Waals surface area (Å²) in [4.78, 5) is 11.3. The van der Waals surface area contributed by atoms with E-state index in [1.807, 2.05) is 6.07 Å². The minimum atomic E-state index is -0.126. The van der Waals surface area contributed by atoms with Crippen LogP contribution in [-0.4, -0.2) is 14.2 Å². The van der Waals surface area contributed by atoms with Gasteiger partial charge in [0.25, 0.3) is 0 Å². The Kier molecular flexibility index (Phi) is 3.14. The second-order valence-corrected chi connectivity index (χ2v) is 3.37. The minimum absolute atomic E-state index is 0.126. The minimum Gasteiger partial charge on any atom is -0.496 e. The average molecular weight is 232 g/mol. The molecule has 2 aromatic rings. The highest BCUT2D eigenvalue weighted by atomic mass is 16.5. The summed E-state index contributed by atoms with van der Waals surface area (Å²) in [7, 11) is 3.11. The lowest BCUT2D eigenvalue weighted by molar-refractivity contribution is 0.394. The highest BCUT2D eigenvalue weighted by Gasteiger charge is 2.14. The van der Waals surface area contributed by atoms with Crippen molar-refractivity contribution < 1.29 is 13.9 Å². The van der Waals surface area contributed by atoms with E-state index >= 15 is 0 Å². The molecule has 0 unspecified atom stereocenters. The zero-order chi connectivity index (χ0) is 12.3. The number of ether oxygens (including phenoxy) is 2. The van der Waals surface area contributed by atoms with Gasteiger partial charge < -0.3 is 13.9 Å². The number of methoxy groups -OCH3 is 2. The molecule has 0 bridgehead atoms. The van der Waals surface area contributed by atoms with Crippen molar-refractivity contribution in [3.8, 4) is 22.8 Å². The van der Waals surface area contributed by atoms with Crippen molar-refractivity contribution in [2.24, 2.45) is 0 Å². The van der Waals surface area contributed by atoms with E-state index in [2.05, 4.69) is 0 Å². The van der Waals surface area contributed by atoms with Crippen molar-refractivity contribution in [1.82, 2.24) is 0 Å². The summed E-state index contributed by atoms with van der Waals surface area (Å²) < 4.78 is 15.8. The van der Waals surface area contributed by atoms with E-state index in [1.54, 1.807) is 26.4 Å². The third-order valence-corrected chi connectivity index (χ3v) is 2.37. The van der Waals surface area contributed by atoms with E-state index in [1.165, 1.54) is 18.4 Å². The second-order valence-electron chi connectivity index (χ2n) is 3.37. The van der Waals surface area contributed by atoms with Gasteiger partial charge in [-0.25, -0.2) is 0 Å². The monoisotopic (exact) mass is 232 g/mol. The molecule has 0 aliphatic carbocycles. The molecule has 0 aliphatic heterocycles. The van der Waals surface area contributed by atoms with Gasteiger partial charge in [-0.1, -0.05) is 6.07 Å². The Morgan fingerprint density at radius 1 is 1.06 bits per heavy atom. The molecule has 0 radical (unpaired) electrons. The Balaban J connectivity index is 2.68. The number of hydrogen-bond acceptors (Lipinski definition) is 4. The fourth-order valence-corrected chi connectivity index (χ4v) is 1.61. The molecule has 1 aromatic carbocycles. The Bertz CT molecular complexity index is 549. The molecule has 0 N–H and O–H groups in total. The van der Waals surface area contributed by atoms with Crippen molar-refractivity contribution in [3.05, 3.63) is 46.8 Å². The molecule has 0 spiro atoms. The van der Waals surface area contributed by atoms with Crippen LogP contribution in [0.25, 0.3) is 11.3 Å². The first-order chi connectivity index (χ1) is 8.26. The molecular formula is C13H12O4. The first-order valence-corrected chi connectivity index (χ1v) is 5.06. The zero-order valence-electron chi connectivity index (χ0n) is 9.60. The van der Waals surface area contributed by atoms with Crippen LogP contribution in [0.2, 0.25) is 0 Å². The predicted molar refractivity (Wildman–Crippen MR) is 63.5 cm³/mol. The van der Waals surface area contributed by atoms with Gasteiger partial charge in [-0.15, -0.1) is 0 Å². The molecule has 4 nitrogen and oxygen atoms in total. The van der Waals surface area contributed by atoms with Crippen LogP contribution in [-0.2, 0) is 0 Å². The highest BCUT2D eigenvalue weighted by Crippen LogP contribution is 2.37. The summed E-state index contributed by atoms with van der Waals surface area (Å²) >= 11 is 0. The zero-order valence-corrected chi connectivity index (χ0v) is 9.60. The lowest BCUT2D eigenvalue weighted by Crippen LogP contribution is -1.98. The topological polar surface area (TPSA) is 48.7 Å². The van der Waals surface area contributed by atoms with Crippen LogP contribution in [0.4, 0.5) is 0 Å². The van der Waals surface area contributed by atoms with Gasteiger partial charge in [0.05, 0.1) is 20.5 Å². The maximum absolute atomic E-state index is 11.3. The number of hydrogen-bond donors (Lipinski definition) is 0. The number of benzene rings is 1. The third-order valence-electron chi connectivity index (χ3n) is 2.37. The molecule has 4 heteroatoms. The van der Waals surface area contributed by atoms with Crippen molar-refractivity contribution in [2.45, 2.75) is 0 Å². The highest BCUT2D eigenvalue weighted by molar-refractivity contribution is 5.72. The Labute approximate surface area is 98.4 Å². The molecule has 17 heavy (non-hydrogen) atoms. The fourth-order valence-electron chi connectivity index (χ4n) is 1.61. The Morgan fingerprint density at radius 2 is 1.71 bits per heavy atom. The smallest absolute Gasteiger partial charge is 0.185 e. The molecule has 0 fully saturated rings. The van der Waals surface area contributed by atoms with Crippen LogP contribution in [0.5, 0.6) is 11.5 Å². The van der Waals surface area contributed by atoms with Gasteiger partial charge in [-0.3, -0.25) is 4.79 Å². The number of rotatable bonds is 3. The quantitative estimate of drug-likeness (QED) is 0.814. The van der Waals surface area contributed by atoms with Crippen molar-refractivity contribution >= 4 is 0 Å². The molecule has 0 amide bonds. The molecule has 0 atom stereocenters. The van der Waals surface area contributed by atoms with Crippen molar-refractivity contribution in [2.75, 3.05) is 14.2 Å². The van der Waals surface area contributed by atoms with Crippen molar-refractivity contribution in [1.29, 1.82) is 0 Å². The molecule has 88 valence electrons. The van der Waals surface area contributed by atoms with Gasteiger partial charge in [-0.05, 0) is 12.1 Å². The van der Waals surface area contributed by atoms with Gasteiger partial charge in [0.1, 0.15) is 22.8 Å². The largest absolute Gasteiger partial charge is 0.496 e. The second kappa shape index (κ2) is 4.74. The molecule has 2 rings (SSSR count). The van der Waals surface area contributed by atoms with Crippen LogP contribution < -0.4 is 14.9 Å². The molecule has 0 saturated carbocycles. The van der Waals surface area contributed by atoms with E-state index < -0.39 is 0 Å². The van der Waals surface area contributed by atoms with Crippen LogP contribution >= 0.6 is 0 Å². The van der Waals surface area contributed by atoms with Crippen LogP contribution in [0.15, 0.2) is 45.8 Å². The summed E-state index contributed by atoms with van der Waals surface area (Å²) in [6.07, 6.45) is 1.35. The van der Waals surface area contributed by atoms with E-state index in [4.69, 9.17) is 13.9 Å². The maximum atomic E-state index is 11.3. The fraction of sp³-hybridized carbons (Fsp3) is 0.154. The third kappa shape index (κ3) is 2.15. The maximum Gasteiger partial charge on any atom is 0.185 e. The lowest BCUT2D eigenvalue weighted by atomic mass is 10.1. The summed E-state index contributed by atoms with van der Waals surface area (Å²) in [5, 5.41) is 0. The summed E-state index contributed by atoms with van der Waals surface area (Å²) in [6, 6.07) is 8.13. The standard InChI is InChI=1S/C13H12O4/c1-15-10-4-3-5-11(16-2)13(10)12-8-9(14)6-7-17-12/h3-8H,1-2H3. The van der Waals surface area contributed by atoms with E-state index in [0.29, 0.717) is 22.8 Å². The van der Waals surface area contributed by atoms with E-state index in [-0.39, 0.29) is 5.43 Å². The first-order valence-electron chi connectivity index (χ1n) is 5.06. The van der Waals surface area contributed by atoms with Gasteiger partial charge in [-0.2, -0.15) is 0 Å². The van der Waals surface area contributed by atoms with Gasteiger partial charge in [0.2, 0.25) is 0 Å². The van der Waals surface area contributed by atoms with Crippen LogP contribution in [0.3, 0.4) is 0 Å². The molecule has 0 aliphatic rings. The normalized spacial score (nSPS) is 10.0. The SMILES string of the molecule is COc1cccc(OC)c1-c1cc(=O)cco1. The van der Waals surface area contributed by atoms with E-state index in [0.717, 1.165) is 0 Å². The van der Waals surface area contributed by atoms with E-state index in [9.17, 15) is 4.79 Å². The lowest BCUT2D eigenvalue weighted by Gasteiger charge is -2.11. The molecule has 1 heterocycles. The van der Waals surface area contributed by atoms with Crippen LogP contribution in [0, 0.1) is 0 Å². The Hall–Kier alpha value is -2.23. The summed E-state index contributed by atoms with van der Waals surface area (Å²) in [6.45, 7) is 0. The Morgan fingerprint density at radius 3 is 2.24 bits per heavy atom. The summed E-state index contributed by atoms with van der Waals surface area (Å²) in [5.74, 6) is 1.62. The molecule has 1 aromatic heterocycles. The summed E-state index contributed by atoms with van der Waals surface area (Å²) in [5.41, 5.74) is 0.509. The van der Waals surface area contributed by atoms with Crippen LogP contribution in [0.1, 0.15) is 0 Å². The van der Waals surface area contributed by atoms with Gasteiger partial charge >= 0.3 is 0 Å². The van der Waals surface area contributed by atoms with Gasteiger partial charge in [0, 0.05) is 12.1 Å². The van der Waals surface area contributed by atoms with Gasteiger partial charge in [0.15, 0.2) is 5.43 Å². The molecular weight excluding hydrogens is 220 g/mol. The van der Waals surface area contributed by atoms with Crippen molar-refractivity contribution in [3.63, 3.8) is 0 Å². The average Bonchev–Trinajstić information content (AvgIpc) is 2.37. The predicted octanol–water partition coefficient (Wildman–Crippen LogP) is 2.32.